The van der Waals surface area contributed by atoms with Crippen LogP contribution in [0.1, 0.15) is 36.8 Å². The van der Waals surface area contributed by atoms with Gasteiger partial charge in [-0.05, 0) is 48.9 Å². The van der Waals surface area contributed by atoms with Crippen molar-refractivity contribution in [2.24, 2.45) is 5.73 Å². The maximum absolute atomic E-state index is 6.16. The lowest BCUT2D eigenvalue weighted by atomic mass is 9.69. The van der Waals surface area contributed by atoms with E-state index in [1.54, 1.807) is 0 Å². The van der Waals surface area contributed by atoms with E-state index in [0.29, 0.717) is 19.3 Å². The normalized spacial score (nSPS) is 23.5. The molecule has 24 heavy (non-hydrogen) atoms. The van der Waals surface area contributed by atoms with Crippen LogP contribution in [0, 0.1) is 0 Å². The van der Waals surface area contributed by atoms with Gasteiger partial charge in [0, 0.05) is 17.0 Å². The lowest BCUT2D eigenvalue weighted by molar-refractivity contribution is 0.00248. The molecule has 1 aliphatic carbocycles. The summed E-state index contributed by atoms with van der Waals surface area (Å²) < 4.78 is 6.10. The molecule has 0 heterocycles. The van der Waals surface area contributed by atoms with Crippen LogP contribution >= 0.6 is 24.0 Å². The third-order valence-electron chi connectivity index (χ3n) is 5.05. The van der Waals surface area contributed by atoms with E-state index in [1.165, 1.54) is 11.1 Å². The molecule has 2 aromatic carbocycles. The Kier molecular flexibility index (Phi) is 7.12. The summed E-state index contributed by atoms with van der Waals surface area (Å²) in [6.45, 7) is 1.36. The molecule has 0 spiro atoms. The fourth-order valence-corrected chi connectivity index (χ4v) is 3.72. The standard InChI is InChI=1S/C20H24ClNO.ClH/c21-18-8-4-7-17(13-18)20(15-22)11-9-19(10-12-20)23-14-16-5-2-1-3-6-16;/h1-8,13,19H,9-12,14-15,22H2;1H/t19-,20-;. The summed E-state index contributed by atoms with van der Waals surface area (Å²) >= 11 is 6.16. The van der Waals surface area contributed by atoms with Gasteiger partial charge < -0.3 is 10.5 Å². The first kappa shape index (κ1) is 19.3. The van der Waals surface area contributed by atoms with Crippen molar-refractivity contribution < 1.29 is 4.74 Å². The van der Waals surface area contributed by atoms with Crippen molar-refractivity contribution in [3.05, 3.63) is 70.7 Å². The second-order valence-corrected chi connectivity index (χ2v) is 6.93. The van der Waals surface area contributed by atoms with E-state index in [4.69, 9.17) is 22.1 Å². The maximum atomic E-state index is 6.16. The Hall–Kier alpha value is -1.06. The minimum absolute atomic E-state index is 0. The van der Waals surface area contributed by atoms with Gasteiger partial charge in [0.25, 0.3) is 0 Å². The van der Waals surface area contributed by atoms with Gasteiger partial charge in [-0.25, -0.2) is 0 Å². The Bertz CT molecular complexity index is 625. The predicted octanol–water partition coefficient (Wildman–Crippen LogP) is 5.12. The van der Waals surface area contributed by atoms with Crippen LogP contribution < -0.4 is 5.73 Å². The van der Waals surface area contributed by atoms with Crippen LogP contribution in [-0.4, -0.2) is 12.6 Å². The second-order valence-electron chi connectivity index (χ2n) is 6.49. The van der Waals surface area contributed by atoms with E-state index in [0.717, 1.165) is 30.7 Å². The largest absolute Gasteiger partial charge is 0.374 e. The Morgan fingerprint density at radius 3 is 2.38 bits per heavy atom. The Labute approximate surface area is 155 Å². The Morgan fingerprint density at radius 2 is 1.75 bits per heavy atom. The molecular weight excluding hydrogens is 341 g/mol. The third kappa shape index (κ3) is 4.52. The average Bonchev–Trinajstić information content (AvgIpc) is 2.61. The van der Waals surface area contributed by atoms with Gasteiger partial charge in [0.1, 0.15) is 0 Å². The molecule has 0 radical (unpaired) electrons. The molecule has 0 aromatic heterocycles. The van der Waals surface area contributed by atoms with Gasteiger partial charge in [-0.1, -0.05) is 54.1 Å². The highest BCUT2D eigenvalue weighted by Gasteiger charge is 2.36. The number of rotatable bonds is 5. The highest BCUT2D eigenvalue weighted by molar-refractivity contribution is 6.30. The van der Waals surface area contributed by atoms with E-state index < -0.39 is 0 Å². The molecule has 1 fully saturated rings. The van der Waals surface area contributed by atoms with Gasteiger partial charge in [-0.15, -0.1) is 12.4 Å². The number of hydrogen-bond acceptors (Lipinski definition) is 2. The lowest BCUT2D eigenvalue weighted by Crippen LogP contribution is -2.40. The van der Waals surface area contributed by atoms with Gasteiger partial charge in [-0.3, -0.25) is 0 Å². The quantitative estimate of drug-likeness (QED) is 0.797. The molecule has 0 atom stereocenters. The highest BCUT2D eigenvalue weighted by atomic mass is 35.5. The summed E-state index contributed by atoms with van der Waals surface area (Å²) in [5.74, 6) is 0. The lowest BCUT2D eigenvalue weighted by Gasteiger charge is -2.40. The summed E-state index contributed by atoms with van der Waals surface area (Å²) in [5.41, 5.74) is 8.71. The molecule has 0 aliphatic heterocycles. The van der Waals surface area contributed by atoms with Gasteiger partial charge in [0.05, 0.1) is 12.7 Å². The van der Waals surface area contributed by atoms with Crippen LogP contribution in [0.2, 0.25) is 5.02 Å². The number of halogens is 2. The molecule has 2 N–H and O–H groups in total. The minimum Gasteiger partial charge on any atom is -0.374 e. The zero-order valence-electron chi connectivity index (χ0n) is 13.8. The SMILES string of the molecule is Cl.NC[C@]1(c2cccc(Cl)c2)CC[C@H](OCc2ccccc2)CC1. The molecule has 2 nitrogen and oxygen atoms in total. The molecule has 0 amide bonds. The number of hydrogen-bond donors (Lipinski definition) is 1. The fourth-order valence-electron chi connectivity index (χ4n) is 3.53. The molecule has 3 rings (SSSR count). The van der Waals surface area contributed by atoms with Gasteiger partial charge in [0.2, 0.25) is 0 Å². The molecule has 0 saturated heterocycles. The fraction of sp³-hybridized carbons (Fsp3) is 0.400. The van der Waals surface area contributed by atoms with Crippen LogP contribution in [0.3, 0.4) is 0 Å². The van der Waals surface area contributed by atoms with Crippen LogP contribution in [0.15, 0.2) is 54.6 Å². The Balaban J connectivity index is 0.00000208. The topological polar surface area (TPSA) is 35.2 Å². The van der Waals surface area contributed by atoms with E-state index >= 15 is 0 Å². The molecule has 0 unspecified atom stereocenters. The summed E-state index contributed by atoms with van der Waals surface area (Å²) in [6, 6.07) is 18.5. The smallest absolute Gasteiger partial charge is 0.0720 e. The molecule has 1 saturated carbocycles. The Morgan fingerprint density at radius 1 is 1.04 bits per heavy atom. The van der Waals surface area contributed by atoms with E-state index in [9.17, 15) is 0 Å². The number of benzene rings is 2. The number of nitrogens with two attached hydrogens (primary N) is 1. The van der Waals surface area contributed by atoms with Gasteiger partial charge >= 0.3 is 0 Å². The van der Waals surface area contributed by atoms with Crippen molar-refractivity contribution in [1.29, 1.82) is 0 Å². The van der Waals surface area contributed by atoms with Crippen LogP contribution in [0.5, 0.6) is 0 Å². The highest BCUT2D eigenvalue weighted by Crippen LogP contribution is 2.40. The van der Waals surface area contributed by atoms with E-state index in [-0.39, 0.29) is 17.8 Å². The third-order valence-corrected chi connectivity index (χ3v) is 5.28. The monoisotopic (exact) mass is 365 g/mol. The van der Waals surface area contributed by atoms with Crippen molar-refractivity contribution >= 4 is 24.0 Å². The molecule has 0 bridgehead atoms. The molecule has 1 aliphatic rings. The van der Waals surface area contributed by atoms with Crippen LogP contribution in [-0.2, 0) is 16.8 Å². The van der Waals surface area contributed by atoms with Crippen molar-refractivity contribution in [2.75, 3.05) is 6.54 Å². The van der Waals surface area contributed by atoms with Gasteiger partial charge in [0.15, 0.2) is 0 Å². The van der Waals surface area contributed by atoms with E-state index in [1.807, 2.05) is 18.2 Å². The summed E-state index contributed by atoms with van der Waals surface area (Å²) in [7, 11) is 0. The molecule has 130 valence electrons. The predicted molar refractivity (Wildman–Crippen MR) is 103 cm³/mol. The zero-order chi connectivity index (χ0) is 16.1. The first-order valence-corrected chi connectivity index (χ1v) is 8.71. The van der Waals surface area contributed by atoms with Gasteiger partial charge in [-0.2, -0.15) is 0 Å². The van der Waals surface area contributed by atoms with Crippen molar-refractivity contribution in [3.8, 4) is 0 Å². The number of ether oxygens (including phenoxy) is 1. The van der Waals surface area contributed by atoms with Crippen LogP contribution in [0.25, 0.3) is 0 Å². The molecule has 2 aromatic rings. The molecule has 4 heteroatoms. The van der Waals surface area contributed by atoms with Crippen molar-refractivity contribution in [1.82, 2.24) is 0 Å². The second kappa shape index (κ2) is 8.87. The first-order chi connectivity index (χ1) is 11.2. The average molecular weight is 366 g/mol. The minimum atomic E-state index is 0. The van der Waals surface area contributed by atoms with E-state index in [2.05, 4.69) is 36.4 Å². The van der Waals surface area contributed by atoms with Crippen molar-refractivity contribution in [2.45, 2.75) is 43.8 Å². The zero-order valence-corrected chi connectivity index (χ0v) is 15.4. The maximum Gasteiger partial charge on any atom is 0.0720 e. The summed E-state index contributed by atoms with van der Waals surface area (Å²) in [6.07, 6.45) is 4.55. The van der Waals surface area contributed by atoms with Crippen LogP contribution in [0.4, 0.5) is 0 Å². The summed E-state index contributed by atoms with van der Waals surface area (Å²) in [4.78, 5) is 0. The summed E-state index contributed by atoms with van der Waals surface area (Å²) in [5, 5.41) is 0.790. The first-order valence-electron chi connectivity index (χ1n) is 8.33. The van der Waals surface area contributed by atoms with Crippen molar-refractivity contribution in [3.63, 3.8) is 0 Å². The molecular formula is C20H25Cl2NO.